The number of halogens is 1. The highest BCUT2D eigenvalue weighted by Gasteiger charge is 2.24. The molecule has 3 aromatic heterocycles. The van der Waals surface area contributed by atoms with Crippen LogP contribution in [0.5, 0.6) is 0 Å². The van der Waals surface area contributed by atoms with Crippen molar-refractivity contribution in [2.75, 3.05) is 0 Å². The Labute approximate surface area is 139 Å². The van der Waals surface area contributed by atoms with Gasteiger partial charge in [0.2, 0.25) is 0 Å². The van der Waals surface area contributed by atoms with Gasteiger partial charge < -0.3 is 5.73 Å². The fraction of sp³-hybridized carbons (Fsp3) is 0.286. The number of thioether (sulfide) groups is 1. The molecule has 21 heavy (non-hydrogen) atoms. The van der Waals surface area contributed by atoms with Crippen molar-refractivity contribution in [3.8, 4) is 0 Å². The van der Waals surface area contributed by atoms with Crippen molar-refractivity contribution < 1.29 is 0 Å². The zero-order chi connectivity index (χ0) is 14.8. The first-order valence-corrected chi connectivity index (χ1v) is 9.20. The minimum absolute atomic E-state index is 0.0802. The van der Waals surface area contributed by atoms with E-state index in [-0.39, 0.29) is 11.3 Å². The maximum Gasteiger partial charge on any atom is 0.196 e. The summed E-state index contributed by atoms with van der Waals surface area (Å²) in [5.74, 6) is 0. The number of fused-ring (bicyclic) bond motifs is 1. The van der Waals surface area contributed by atoms with E-state index in [1.54, 1.807) is 23.1 Å². The first kappa shape index (κ1) is 15.0. The van der Waals surface area contributed by atoms with Crippen molar-refractivity contribution in [1.29, 1.82) is 0 Å². The molecular weight excluding hydrogens is 368 g/mol. The number of nitrogens with two attached hydrogens (primary N) is 1. The maximum atomic E-state index is 6.33. The highest BCUT2D eigenvalue weighted by Crippen LogP contribution is 2.40. The predicted octanol–water partition coefficient (Wildman–Crippen LogP) is 4.12. The zero-order valence-corrected chi connectivity index (χ0v) is 14.7. The molecule has 4 nitrogen and oxygen atoms in total. The summed E-state index contributed by atoms with van der Waals surface area (Å²) >= 11 is 6.92. The Hall–Kier alpha value is -0.890. The number of thiophene rings is 1. The Morgan fingerprint density at radius 3 is 3.00 bits per heavy atom. The molecule has 0 aliphatic rings. The summed E-state index contributed by atoms with van der Waals surface area (Å²) in [6.07, 6.45) is 2.90. The molecule has 0 amide bonds. The Kier molecular flexibility index (Phi) is 4.63. The van der Waals surface area contributed by atoms with E-state index in [1.807, 2.05) is 28.8 Å². The van der Waals surface area contributed by atoms with Gasteiger partial charge in [-0.25, -0.2) is 0 Å². The molecule has 3 rings (SSSR count). The summed E-state index contributed by atoms with van der Waals surface area (Å²) in [5.41, 5.74) is 7.19. The lowest BCUT2D eigenvalue weighted by Crippen LogP contribution is -2.25. The van der Waals surface area contributed by atoms with Gasteiger partial charge in [-0.05, 0) is 40.5 Å². The molecule has 0 saturated carbocycles. The number of aromatic nitrogens is 3. The molecule has 2 unspecified atom stereocenters. The van der Waals surface area contributed by atoms with E-state index in [4.69, 9.17) is 5.73 Å². The second kappa shape index (κ2) is 6.48. The van der Waals surface area contributed by atoms with Crippen molar-refractivity contribution in [1.82, 2.24) is 14.6 Å². The molecule has 0 saturated heterocycles. The number of hydrogen-bond acceptors (Lipinski definition) is 5. The first-order chi connectivity index (χ1) is 10.2. The van der Waals surface area contributed by atoms with Crippen LogP contribution in [0, 0.1) is 0 Å². The van der Waals surface area contributed by atoms with Crippen molar-refractivity contribution in [3.63, 3.8) is 0 Å². The third-order valence-corrected chi connectivity index (χ3v) is 6.52. The van der Waals surface area contributed by atoms with E-state index in [9.17, 15) is 0 Å². The Balaban J connectivity index is 1.94. The summed E-state index contributed by atoms with van der Waals surface area (Å²) in [6.45, 7) is 2.11. The summed E-state index contributed by atoms with van der Waals surface area (Å²) in [6, 6.07) is 8.12. The smallest absolute Gasteiger partial charge is 0.196 e. The third-order valence-electron chi connectivity index (χ3n) is 3.24. The van der Waals surface area contributed by atoms with Crippen LogP contribution in [0.1, 0.15) is 23.5 Å². The maximum absolute atomic E-state index is 6.33. The van der Waals surface area contributed by atoms with Crippen LogP contribution in [0.25, 0.3) is 5.65 Å². The quantitative estimate of drug-likeness (QED) is 0.674. The zero-order valence-electron chi connectivity index (χ0n) is 11.4. The molecule has 7 heteroatoms. The molecule has 110 valence electrons. The van der Waals surface area contributed by atoms with Gasteiger partial charge in [0.05, 0.1) is 5.25 Å². The molecule has 0 radical (unpaired) electrons. The lowest BCUT2D eigenvalue weighted by atomic mass is 10.1. The molecule has 0 fully saturated rings. The van der Waals surface area contributed by atoms with Crippen molar-refractivity contribution in [2.45, 2.75) is 29.8 Å². The Morgan fingerprint density at radius 2 is 2.29 bits per heavy atom. The summed E-state index contributed by atoms with van der Waals surface area (Å²) in [5, 5.41) is 11.6. The van der Waals surface area contributed by atoms with Crippen molar-refractivity contribution >= 4 is 44.7 Å². The van der Waals surface area contributed by atoms with Crippen LogP contribution in [-0.2, 0) is 0 Å². The minimum atomic E-state index is 0.0802. The van der Waals surface area contributed by atoms with Gasteiger partial charge in [0.25, 0.3) is 0 Å². The van der Waals surface area contributed by atoms with Crippen LogP contribution < -0.4 is 5.73 Å². The van der Waals surface area contributed by atoms with Crippen molar-refractivity contribution in [3.05, 3.63) is 45.2 Å². The van der Waals surface area contributed by atoms with Crippen LogP contribution in [0.2, 0.25) is 0 Å². The molecule has 0 aromatic carbocycles. The van der Waals surface area contributed by atoms with Gasteiger partial charge in [-0.1, -0.05) is 24.8 Å². The monoisotopic (exact) mass is 382 g/mol. The molecule has 0 aliphatic carbocycles. The molecule has 0 aliphatic heterocycles. The highest BCUT2D eigenvalue weighted by molar-refractivity contribution is 9.10. The summed E-state index contributed by atoms with van der Waals surface area (Å²) in [4.78, 5) is 1.26. The number of rotatable bonds is 5. The van der Waals surface area contributed by atoms with E-state index in [2.05, 4.69) is 44.5 Å². The fourth-order valence-electron chi connectivity index (χ4n) is 2.06. The van der Waals surface area contributed by atoms with Crippen LogP contribution in [0.15, 0.2) is 45.5 Å². The highest BCUT2D eigenvalue weighted by atomic mass is 79.9. The standard InChI is InChI=1S/C14H15BrN4S2/c1-2-10(16)13(11-7-9(15)8-20-11)21-14-18-17-12-5-3-4-6-19(12)14/h3-8,10,13H,2,16H2,1H3. The second-order valence-corrected chi connectivity index (χ2v) is 7.66. The average molecular weight is 383 g/mol. The van der Waals surface area contributed by atoms with E-state index < -0.39 is 0 Å². The normalized spacial score (nSPS) is 14.4. The molecule has 0 bridgehead atoms. The van der Waals surface area contributed by atoms with Gasteiger partial charge >= 0.3 is 0 Å². The summed E-state index contributed by atoms with van der Waals surface area (Å²) in [7, 11) is 0. The van der Waals surface area contributed by atoms with E-state index in [0.29, 0.717) is 0 Å². The third kappa shape index (κ3) is 3.15. The van der Waals surface area contributed by atoms with E-state index in [0.717, 1.165) is 21.7 Å². The number of nitrogens with zero attached hydrogens (tertiary/aromatic N) is 3. The van der Waals surface area contributed by atoms with Gasteiger partial charge in [0, 0.05) is 27.0 Å². The van der Waals surface area contributed by atoms with Crippen LogP contribution in [0.3, 0.4) is 0 Å². The topological polar surface area (TPSA) is 56.2 Å². The van der Waals surface area contributed by atoms with Gasteiger partial charge in [-0.3, -0.25) is 4.40 Å². The largest absolute Gasteiger partial charge is 0.326 e. The number of hydrogen-bond donors (Lipinski definition) is 1. The lowest BCUT2D eigenvalue weighted by Gasteiger charge is -2.20. The molecule has 2 atom stereocenters. The van der Waals surface area contributed by atoms with Gasteiger partial charge in [-0.2, -0.15) is 0 Å². The molecule has 0 spiro atoms. The van der Waals surface area contributed by atoms with Crippen LogP contribution in [-0.4, -0.2) is 20.6 Å². The fourth-order valence-corrected chi connectivity index (χ4v) is 5.01. The SMILES string of the molecule is CCC(N)C(Sc1nnc2ccccn12)c1cc(Br)cs1. The Bertz CT molecular complexity index is 739. The van der Waals surface area contributed by atoms with Gasteiger partial charge in [-0.15, -0.1) is 21.5 Å². The van der Waals surface area contributed by atoms with E-state index >= 15 is 0 Å². The molecular formula is C14H15BrN4S2. The Morgan fingerprint density at radius 1 is 1.43 bits per heavy atom. The van der Waals surface area contributed by atoms with Crippen molar-refractivity contribution in [2.24, 2.45) is 5.73 Å². The predicted molar refractivity (Wildman–Crippen MR) is 91.9 cm³/mol. The lowest BCUT2D eigenvalue weighted by molar-refractivity contribution is 0.637. The molecule has 3 heterocycles. The first-order valence-electron chi connectivity index (χ1n) is 6.65. The van der Waals surface area contributed by atoms with Gasteiger partial charge in [0.1, 0.15) is 0 Å². The second-order valence-electron chi connectivity index (χ2n) is 4.69. The van der Waals surface area contributed by atoms with Gasteiger partial charge in [0.15, 0.2) is 10.8 Å². The summed E-state index contributed by atoms with van der Waals surface area (Å²) < 4.78 is 3.10. The number of pyridine rings is 1. The molecule has 2 N–H and O–H groups in total. The van der Waals surface area contributed by atoms with Crippen LogP contribution >= 0.6 is 39.0 Å². The molecule has 3 aromatic rings. The average Bonchev–Trinajstić information content (AvgIpc) is 3.10. The minimum Gasteiger partial charge on any atom is -0.326 e. The van der Waals surface area contributed by atoms with Crippen LogP contribution in [0.4, 0.5) is 0 Å². The van der Waals surface area contributed by atoms with E-state index in [1.165, 1.54) is 4.88 Å².